The van der Waals surface area contributed by atoms with E-state index >= 15 is 0 Å². The third kappa shape index (κ3) is 25.6. The molecule has 0 unspecified atom stereocenters. The zero-order chi connectivity index (χ0) is 14.1. The molecule has 0 aromatic rings. The number of rotatable bonds is 8. The quantitative estimate of drug-likeness (QED) is 0.435. The molecular formula is C16H35N. The van der Waals surface area contributed by atoms with Crippen molar-refractivity contribution in [2.45, 2.75) is 66.7 Å². The highest BCUT2D eigenvalue weighted by Gasteiger charge is 1.98. The van der Waals surface area contributed by atoms with Crippen molar-refractivity contribution in [3.05, 3.63) is 0 Å². The fourth-order valence-corrected chi connectivity index (χ4v) is 1.51. The lowest BCUT2D eigenvalue weighted by Gasteiger charge is -2.16. The topological polar surface area (TPSA) is 3.24 Å². The van der Waals surface area contributed by atoms with Crippen molar-refractivity contribution >= 4 is 0 Å². The maximum atomic E-state index is 4.00. The van der Waals surface area contributed by atoms with Crippen LogP contribution in [0.3, 0.4) is 0 Å². The standard InChI is InChI=1S/C12H27N.C2H6.C2H2/c1-5-6-7-10-13(4)11-8-9-12(2)3;2*1-2/h12H,5-11H2,1-4H3;1-2H3;1-2H. The summed E-state index contributed by atoms with van der Waals surface area (Å²) in [7, 11) is 2.25. The first-order chi connectivity index (χ1) is 8.16. The number of unbranched alkanes of at least 4 members (excludes halogenated alkanes) is 2. The number of nitrogens with zero attached hydrogens (tertiary/aromatic N) is 1. The lowest BCUT2D eigenvalue weighted by atomic mass is 10.1. The molecule has 0 aromatic heterocycles. The molecule has 0 atom stereocenters. The second kappa shape index (κ2) is 20.9. The zero-order valence-electron chi connectivity index (χ0n) is 13.1. The van der Waals surface area contributed by atoms with E-state index < -0.39 is 0 Å². The summed E-state index contributed by atoms with van der Waals surface area (Å²) in [5.74, 6) is 0.865. The van der Waals surface area contributed by atoms with Gasteiger partial charge in [-0.25, -0.2) is 0 Å². The number of hydrogen-bond acceptors (Lipinski definition) is 1. The molecule has 0 radical (unpaired) electrons. The second-order valence-corrected chi connectivity index (χ2v) is 4.55. The van der Waals surface area contributed by atoms with Crippen molar-refractivity contribution in [2.75, 3.05) is 20.1 Å². The second-order valence-electron chi connectivity index (χ2n) is 4.55. The summed E-state index contributed by atoms with van der Waals surface area (Å²) >= 11 is 0. The summed E-state index contributed by atoms with van der Waals surface area (Å²) in [6.45, 7) is 13.4. The average molecular weight is 241 g/mol. The third-order valence-corrected chi connectivity index (χ3v) is 2.46. The number of hydrogen-bond donors (Lipinski definition) is 0. The van der Waals surface area contributed by atoms with Gasteiger partial charge >= 0.3 is 0 Å². The molecular weight excluding hydrogens is 206 g/mol. The normalized spacial score (nSPS) is 9.29. The van der Waals surface area contributed by atoms with Gasteiger partial charge in [-0.3, -0.25) is 0 Å². The molecule has 1 nitrogen and oxygen atoms in total. The van der Waals surface area contributed by atoms with E-state index in [9.17, 15) is 0 Å². The van der Waals surface area contributed by atoms with Crippen LogP contribution in [0, 0.1) is 18.8 Å². The molecule has 0 aliphatic heterocycles. The van der Waals surface area contributed by atoms with Gasteiger partial charge in [0.25, 0.3) is 0 Å². The first kappa shape index (κ1) is 21.8. The van der Waals surface area contributed by atoms with Gasteiger partial charge in [0.1, 0.15) is 0 Å². The molecule has 1 heteroatoms. The predicted molar refractivity (Wildman–Crippen MR) is 82.3 cm³/mol. The van der Waals surface area contributed by atoms with Gasteiger partial charge in [-0.1, -0.05) is 47.5 Å². The highest BCUT2D eigenvalue weighted by molar-refractivity contribution is 4.54. The summed E-state index contributed by atoms with van der Waals surface area (Å²) in [6.07, 6.45) is 14.8. The van der Waals surface area contributed by atoms with Crippen molar-refractivity contribution in [3.8, 4) is 12.8 Å². The van der Waals surface area contributed by atoms with Crippen LogP contribution in [0.15, 0.2) is 0 Å². The average Bonchev–Trinajstić information content (AvgIpc) is 2.34. The van der Waals surface area contributed by atoms with Crippen molar-refractivity contribution < 1.29 is 0 Å². The van der Waals surface area contributed by atoms with Crippen LogP contribution in [-0.4, -0.2) is 25.0 Å². The third-order valence-electron chi connectivity index (χ3n) is 2.46. The molecule has 0 amide bonds. The molecule has 0 spiro atoms. The first-order valence-electron chi connectivity index (χ1n) is 7.18. The first-order valence-corrected chi connectivity index (χ1v) is 7.18. The van der Waals surface area contributed by atoms with Gasteiger partial charge in [0.2, 0.25) is 0 Å². The van der Waals surface area contributed by atoms with Crippen LogP contribution in [0.2, 0.25) is 0 Å². The van der Waals surface area contributed by atoms with Crippen molar-refractivity contribution in [3.63, 3.8) is 0 Å². The Bertz CT molecular complexity index is 127. The van der Waals surface area contributed by atoms with Crippen LogP contribution in [-0.2, 0) is 0 Å². The largest absolute Gasteiger partial charge is 0.306 e. The maximum Gasteiger partial charge on any atom is -0.00217 e. The Morgan fingerprint density at radius 3 is 1.82 bits per heavy atom. The summed E-state index contributed by atoms with van der Waals surface area (Å²) in [4.78, 5) is 2.47. The fraction of sp³-hybridized carbons (Fsp3) is 0.875. The molecule has 0 fully saturated rings. The molecule has 0 saturated heterocycles. The molecule has 17 heavy (non-hydrogen) atoms. The van der Waals surface area contributed by atoms with Crippen LogP contribution in [0.5, 0.6) is 0 Å². The molecule has 0 N–H and O–H groups in total. The van der Waals surface area contributed by atoms with Gasteiger partial charge in [0.05, 0.1) is 0 Å². The maximum absolute atomic E-state index is 4.00. The van der Waals surface area contributed by atoms with Gasteiger partial charge in [-0.2, -0.15) is 0 Å². The van der Waals surface area contributed by atoms with Crippen molar-refractivity contribution in [1.29, 1.82) is 0 Å². The summed E-state index contributed by atoms with van der Waals surface area (Å²) < 4.78 is 0. The fourth-order valence-electron chi connectivity index (χ4n) is 1.51. The van der Waals surface area contributed by atoms with Gasteiger partial charge < -0.3 is 4.90 Å². The zero-order valence-corrected chi connectivity index (χ0v) is 13.1. The summed E-state index contributed by atoms with van der Waals surface area (Å²) in [5.41, 5.74) is 0. The number of terminal acetylenes is 1. The molecule has 0 bridgehead atoms. The Balaban J connectivity index is -0.000000439. The highest BCUT2D eigenvalue weighted by Crippen LogP contribution is 2.04. The van der Waals surface area contributed by atoms with E-state index in [1.807, 2.05) is 13.8 Å². The summed E-state index contributed by atoms with van der Waals surface area (Å²) in [6, 6.07) is 0. The van der Waals surface area contributed by atoms with E-state index in [1.54, 1.807) is 0 Å². The van der Waals surface area contributed by atoms with Gasteiger partial charge in [0, 0.05) is 0 Å². The van der Waals surface area contributed by atoms with Crippen LogP contribution < -0.4 is 0 Å². The van der Waals surface area contributed by atoms with Gasteiger partial charge in [0.15, 0.2) is 0 Å². The minimum Gasteiger partial charge on any atom is -0.306 e. The molecule has 0 saturated carbocycles. The minimum absolute atomic E-state index is 0.865. The minimum atomic E-state index is 0.865. The Labute approximate surface area is 111 Å². The summed E-state index contributed by atoms with van der Waals surface area (Å²) in [5, 5.41) is 0. The molecule has 0 aliphatic carbocycles. The molecule has 0 aromatic carbocycles. The molecule has 0 rings (SSSR count). The van der Waals surface area contributed by atoms with E-state index in [0.717, 1.165) is 5.92 Å². The van der Waals surface area contributed by atoms with E-state index in [2.05, 4.69) is 45.6 Å². The monoisotopic (exact) mass is 241 g/mol. The SMILES string of the molecule is C#C.CC.CCCCCN(C)CCCC(C)C. The van der Waals surface area contributed by atoms with E-state index in [4.69, 9.17) is 0 Å². The Hall–Kier alpha value is -0.480. The lowest BCUT2D eigenvalue weighted by Crippen LogP contribution is -2.21. The predicted octanol–water partition coefficient (Wildman–Crippen LogP) is 4.82. The van der Waals surface area contributed by atoms with Crippen LogP contribution in [0.25, 0.3) is 0 Å². The van der Waals surface area contributed by atoms with Crippen molar-refractivity contribution in [1.82, 2.24) is 4.90 Å². The van der Waals surface area contributed by atoms with Crippen LogP contribution >= 0.6 is 0 Å². The Morgan fingerprint density at radius 1 is 0.941 bits per heavy atom. The van der Waals surface area contributed by atoms with E-state index in [1.165, 1.54) is 45.2 Å². The Morgan fingerprint density at radius 2 is 1.41 bits per heavy atom. The Kier molecular flexibility index (Phi) is 26.7. The highest BCUT2D eigenvalue weighted by atomic mass is 15.1. The van der Waals surface area contributed by atoms with Gasteiger partial charge in [-0.05, 0) is 45.3 Å². The van der Waals surface area contributed by atoms with Gasteiger partial charge in [-0.15, -0.1) is 12.8 Å². The smallest absolute Gasteiger partial charge is 0.00217 e. The van der Waals surface area contributed by atoms with Crippen LogP contribution in [0.1, 0.15) is 66.7 Å². The molecule has 0 heterocycles. The molecule has 0 aliphatic rings. The van der Waals surface area contributed by atoms with Crippen LogP contribution in [0.4, 0.5) is 0 Å². The van der Waals surface area contributed by atoms with Crippen molar-refractivity contribution in [2.24, 2.45) is 5.92 Å². The van der Waals surface area contributed by atoms with E-state index in [-0.39, 0.29) is 0 Å². The molecule has 104 valence electrons. The van der Waals surface area contributed by atoms with E-state index in [0.29, 0.717) is 0 Å². The lowest BCUT2D eigenvalue weighted by molar-refractivity contribution is 0.310.